The molecule has 0 aliphatic rings. The van der Waals surface area contributed by atoms with Crippen molar-refractivity contribution in [2.45, 2.75) is 13.1 Å². The van der Waals surface area contributed by atoms with Gasteiger partial charge in [-0.15, -0.1) is 0 Å². The molecule has 0 saturated carbocycles. The summed E-state index contributed by atoms with van der Waals surface area (Å²) in [4.78, 5) is 22.2. The first kappa shape index (κ1) is 21.3. The monoisotopic (exact) mass is 445 g/mol. The van der Waals surface area contributed by atoms with E-state index in [4.69, 9.17) is 21.5 Å². The molecule has 1 aromatic heterocycles. The van der Waals surface area contributed by atoms with Gasteiger partial charge in [0.15, 0.2) is 10.9 Å². The molecule has 0 spiro atoms. The molecule has 0 radical (unpaired) electrons. The van der Waals surface area contributed by atoms with Crippen LogP contribution in [0.25, 0.3) is 10.2 Å². The highest BCUT2D eigenvalue weighted by Crippen LogP contribution is 2.35. The van der Waals surface area contributed by atoms with E-state index >= 15 is 0 Å². The average Bonchev–Trinajstić information content (AvgIpc) is 3.03. The predicted octanol–water partition coefficient (Wildman–Crippen LogP) is 4.40. The van der Waals surface area contributed by atoms with Crippen molar-refractivity contribution in [2.75, 3.05) is 18.5 Å². The summed E-state index contributed by atoms with van der Waals surface area (Å²) in [7, 11) is 0. The highest BCUT2D eigenvalue weighted by molar-refractivity contribution is 7.22. The molecule has 0 fully saturated rings. The molecule has 0 atom stereocenters. The van der Waals surface area contributed by atoms with Crippen LogP contribution in [0.3, 0.4) is 0 Å². The van der Waals surface area contributed by atoms with Crippen LogP contribution in [0.5, 0.6) is 5.75 Å². The Morgan fingerprint density at radius 1 is 1.31 bits per heavy atom. The SMILES string of the molecule is Cc1cc(Cl)cc(C(=O)Nc2nc3ccc(C(F)(F)F)cc3s2)c1ONCCO. The number of benzene rings is 2. The number of fused-ring (bicyclic) bond motifs is 1. The number of alkyl halides is 3. The summed E-state index contributed by atoms with van der Waals surface area (Å²) >= 11 is 6.96. The number of aromatic nitrogens is 1. The number of nitrogens with zero attached hydrogens (tertiary/aromatic N) is 1. The minimum atomic E-state index is -4.46. The Morgan fingerprint density at radius 2 is 2.07 bits per heavy atom. The van der Waals surface area contributed by atoms with Crippen LogP contribution in [-0.2, 0) is 6.18 Å². The van der Waals surface area contributed by atoms with Crippen molar-refractivity contribution in [2.24, 2.45) is 0 Å². The molecule has 0 bridgehead atoms. The number of halogens is 4. The van der Waals surface area contributed by atoms with E-state index in [1.807, 2.05) is 0 Å². The minimum Gasteiger partial charge on any atom is -0.408 e. The summed E-state index contributed by atoms with van der Waals surface area (Å²) in [6, 6.07) is 6.17. The van der Waals surface area contributed by atoms with Crippen LogP contribution in [0.4, 0.5) is 18.3 Å². The number of hydroxylamine groups is 1. The lowest BCUT2D eigenvalue weighted by atomic mass is 10.1. The van der Waals surface area contributed by atoms with E-state index in [-0.39, 0.29) is 29.6 Å². The number of hydrogen-bond acceptors (Lipinski definition) is 6. The van der Waals surface area contributed by atoms with Crippen molar-refractivity contribution >= 4 is 44.2 Å². The third kappa shape index (κ3) is 4.96. The van der Waals surface area contributed by atoms with E-state index < -0.39 is 17.6 Å². The Hall–Kier alpha value is -2.40. The molecule has 0 aliphatic heterocycles. The number of rotatable bonds is 6. The first-order valence-electron chi connectivity index (χ1n) is 8.29. The molecule has 154 valence electrons. The molecular formula is C18H15ClF3N3O3S. The summed E-state index contributed by atoms with van der Waals surface area (Å²) in [6.07, 6.45) is -4.46. The molecule has 3 N–H and O–H groups in total. The molecular weight excluding hydrogens is 431 g/mol. The predicted molar refractivity (Wildman–Crippen MR) is 104 cm³/mol. The second kappa shape index (κ2) is 8.54. The van der Waals surface area contributed by atoms with Crippen molar-refractivity contribution in [1.82, 2.24) is 10.5 Å². The summed E-state index contributed by atoms with van der Waals surface area (Å²) < 4.78 is 38.9. The zero-order valence-electron chi connectivity index (χ0n) is 14.9. The second-order valence-corrected chi connectivity index (χ2v) is 7.44. The molecule has 2 aromatic carbocycles. The molecule has 1 amide bonds. The molecule has 11 heteroatoms. The van der Waals surface area contributed by atoms with Crippen LogP contribution < -0.4 is 15.6 Å². The zero-order chi connectivity index (χ0) is 21.2. The third-order valence-electron chi connectivity index (χ3n) is 3.81. The van der Waals surface area contributed by atoms with Crippen LogP contribution in [0.15, 0.2) is 30.3 Å². The van der Waals surface area contributed by atoms with Gasteiger partial charge in [0.2, 0.25) is 0 Å². The van der Waals surface area contributed by atoms with Crippen molar-refractivity contribution < 1.29 is 27.9 Å². The van der Waals surface area contributed by atoms with Gasteiger partial charge in [0.1, 0.15) is 0 Å². The number of carbonyl (C=O) groups is 1. The van der Waals surface area contributed by atoms with Crippen molar-refractivity contribution in [3.8, 4) is 5.75 Å². The Morgan fingerprint density at radius 3 is 2.76 bits per heavy atom. The van der Waals surface area contributed by atoms with Gasteiger partial charge in [-0.1, -0.05) is 22.9 Å². The van der Waals surface area contributed by atoms with Crippen molar-refractivity contribution in [3.05, 3.63) is 52.0 Å². The fraction of sp³-hybridized carbons (Fsp3) is 0.222. The van der Waals surface area contributed by atoms with E-state index in [1.54, 1.807) is 13.0 Å². The number of carbonyl (C=O) groups excluding carboxylic acids is 1. The van der Waals surface area contributed by atoms with E-state index in [9.17, 15) is 18.0 Å². The van der Waals surface area contributed by atoms with Gasteiger partial charge in [-0.2, -0.15) is 18.7 Å². The maximum Gasteiger partial charge on any atom is 0.416 e. The summed E-state index contributed by atoms with van der Waals surface area (Å²) in [5.41, 5.74) is 2.75. The lowest BCUT2D eigenvalue weighted by molar-refractivity contribution is -0.137. The summed E-state index contributed by atoms with van der Waals surface area (Å²) in [5.74, 6) is -0.382. The quantitative estimate of drug-likeness (QED) is 0.387. The molecule has 1 heterocycles. The Kier molecular flexibility index (Phi) is 6.27. The van der Waals surface area contributed by atoms with E-state index in [2.05, 4.69) is 15.8 Å². The molecule has 6 nitrogen and oxygen atoms in total. The third-order valence-corrected chi connectivity index (χ3v) is 4.96. The zero-order valence-corrected chi connectivity index (χ0v) is 16.5. The number of thiazole rings is 1. The standard InChI is InChI=1S/C18H15ClF3N3O3S/c1-9-6-11(19)8-12(15(9)28-23-4-5-26)16(27)25-17-24-13-3-2-10(18(20,21)22)7-14(13)29-17/h2-3,6-8,23,26H,4-5H2,1H3,(H,24,25,27). The Labute approximate surface area is 172 Å². The first-order chi connectivity index (χ1) is 13.7. The fourth-order valence-electron chi connectivity index (χ4n) is 2.52. The van der Waals surface area contributed by atoms with Gasteiger partial charge < -0.3 is 9.94 Å². The molecule has 3 aromatic rings. The van der Waals surface area contributed by atoms with Gasteiger partial charge >= 0.3 is 6.18 Å². The fourth-order valence-corrected chi connectivity index (χ4v) is 3.69. The average molecular weight is 446 g/mol. The highest BCUT2D eigenvalue weighted by Gasteiger charge is 2.30. The van der Waals surface area contributed by atoms with Crippen LogP contribution in [0.2, 0.25) is 5.02 Å². The summed E-state index contributed by atoms with van der Waals surface area (Å²) in [5, 5.41) is 11.9. The van der Waals surface area contributed by atoms with Gasteiger partial charge in [-0.25, -0.2) is 4.98 Å². The maximum absolute atomic E-state index is 12.9. The molecule has 0 aliphatic carbocycles. The molecule has 29 heavy (non-hydrogen) atoms. The van der Waals surface area contributed by atoms with E-state index in [0.29, 0.717) is 20.8 Å². The number of aryl methyl sites for hydroxylation is 1. The van der Waals surface area contributed by atoms with Crippen molar-refractivity contribution in [1.29, 1.82) is 0 Å². The first-order valence-corrected chi connectivity index (χ1v) is 9.48. The van der Waals surface area contributed by atoms with Gasteiger partial charge in [-0.3, -0.25) is 10.1 Å². The lowest BCUT2D eigenvalue weighted by Crippen LogP contribution is -2.24. The van der Waals surface area contributed by atoms with Crippen LogP contribution in [0.1, 0.15) is 21.5 Å². The Balaban J connectivity index is 1.88. The number of anilines is 1. The number of amides is 1. The summed E-state index contributed by atoms with van der Waals surface area (Å²) in [6.45, 7) is 1.66. The molecule has 0 saturated heterocycles. The number of hydrogen-bond donors (Lipinski definition) is 3. The molecule has 0 unspecified atom stereocenters. The number of nitrogens with one attached hydrogen (secondary N) is 2. The topological polar surface area (TPSA) is 83.5 Å². The highest BCUT2D eigenvalue weighted by atomic mass is 35.5. The lowest BCUT2D eigenvalue weighted by Gasteiger charge is -2.14. The second-order valence-electron chi connectivity index (χ2n) is 5.97. The van der Waals surface area contributed by atoms with Crippen LogP contribution in [-0.4, -0.2) is 29.1 Å². The van der Waals surface area contributed by atoms with Gasteiger partial charge in [0, 0.05) is 5.02 Å². The van der Waals surface area contributed by atoms with E-state index in [1.165, 1.54) is 12.1 Å². The van der Waals surface area contributed by atoms with Crippen LogP contribution >= 0.6 is 22.9 Å². The largest absolute Gasteiger partial charge is 0.416 e. The normalized spacial score (nSPS) is 11.7. The van der Waals surface area contributed by atoms with Gasteiger partial charge in [0.25, 0.3) is 5.91 Å². The van der Waals surface area contributed by atoms with Crippen molar-refractivity contribution in [3.63, 3.8) is 0 Å². The smallest absolute Gasteiger partial charge is 0.408 e. The van der Waals surface area contributed by atoms with E-state index in [0.717, 1.165) is 23.5 Å². The molecule has 3 rings (SSSR count). The van der Waals surface area contributed by atoms with Gasteiger partial charge in [-0.05, 0) is 42.8 Å². The maximum atomic E-state index is 12.9. The van der Waals surface area contributed by atoms with Gasteiger partial charge in [0.05, 0.1) is 34.5 Å². The Bertz CT molecular complexity index is 1060. The minimum absolute atomic E-state index is 0.107. The number of aliphatic hydroxyl groups is 1. The van der Waals surface area contributed by atoms with Crippen LogP contribution in [0, 0.1) is 6.92 Å². The number of aliphatic hydroxyl groups excluding tert-OH is 1.